The molecule has 0 amide bonds. The summed E-state index contributed by atoms with van der Waals surface area (Å²) in [6, 6.07) is 11.4. The highest BCUT2D eigenvalue weighted by atomic mass is 35.5. The van der Waals surface area contributed by atoms with E-state index in [2.05, 4.69) is 5.32 Å². The molecule has 2 aromatic carbocycles. The first-order valence-electron chi connectivity index (χ1n) is 5.49. The van der Waals surface area contributed by atoms with Crippen molar-refractivity contribution in [1.82, 2.24) is 0 Å². The summed E-state index contributed by atoms with van der Waals surface area (Å²) in [7, 11) is 0. The highest BCUT2D eigenvalue weighted by Gasteiger charge is 2.00. The van der Waals surface area contributed by atoms with Crippen LogP contribution in [0, 0.1) is 6.92 Å². The van der Waals surface area contributed by atoms with Crippen LogP contribution in [0.15, 0.2) is 36.4 Å². The molecule has 0 aliphatic carbocycles. The fourth-order valence-electron chi connectivity index (χ4n) is 1.61. The molecule has 0 aromatic heterocycles. The van der Waals surface area contributed by atoms with Gasteiger partial charge < -0.3 is 5.32 Å². The lowest BCUT2D eigenvalue weighted by Gasteiger charge is -2.08. The van der Waals surface area contributed by atoms with Crippen molar-refractivity contribution in [3.63, 3.8) is 0 Å². The summed E-state index contributed by atoms with van der Waals surface area (Å²) < 4.78 is 0. The van der Waals surface area contributed by atoms with Crippen LogP contribution >= 0.6 is 34.8 Å². The van der Waals surface area contributed by atoms with Gasteiger partial charge in [-0.2, -0.15) is 0 Å². The van der Waals surface area contributed by atoms with Crippen molar-refractivity contribution in [3.05, 3.63) is 62.6 Å². The second-order valence-corrected chi connectivity index (χ2v) is 5.38. The number of benzene rings is 2. The smallest absolute Gasteiger partial charge is 0.0441 e. The van der Waals surface area contributed by atoms with Crippen LogP contribution < -0.4 is 5.32 Å². The van der Waals surface area contributed by atoms with Crippen LogP contribution in [0.3, 0.4) is 0 Å². The number of rotatable bonds is 3. The molecule has 18 heavy (non-hydrogen) atoms. The first-order chi connectivity index (χ1) is 8.54. The Morgan fingerprint density at radius 1 is 0.944 bits per heavy atom. The number of hydrogen-bond acceptors (Lipinski definition) is 1. The molecule has 0 spiro atoms. The van der Waals surface area contributed by atoms with Gasteiger partial charge in [0.25, 0.3) is 0 Å². The third-order valence-electron chi connectivity index (χ3n) is 2.60. The van der Waals surface area contributed by atoms with Gasteiger partial charge in [-0.3, -0.25) is 0 Å². The SMILES string of the molecule is Cc1ccc(CNc2cc(Cl)cc(Cl)c2)cc1Cl. The van der Waals surface area contributed by atoms with Crippen LogP contribution in [0.4, 0.5) is 5.69 Å². The molecule has 0 saturated heterocycles. The number of nitrogens with one attached hydrogen (secondary N) is 1. The van der Waals surface area contributed by atoms with Gasteiger partial charge in [-0.05, 0) is 42.3 Å². The zero-order chi connectivity index (χ0) is 13.1. The molecular formula is C14H12Cl3N. The summed E-state index contributed by atoms with van der Waals surface area (Å²) in [5.41, 5.74) is 3.08. The minimum Gasteiger partial charge on any atom is -0.381 e. The summed E-state index contributed by atoms with van der Waals surface area (Å²) in [4.78, 5) is 0. The molecule has 0 fully saturated rings. The minimum absolute atomic E-state index is 0.618. The van der Waals surface area contributed by atoms with Gasteiger partial charge in [0.05, 0.1) is 0 Å². The average Bonchev–Trinajstić information content (AvgIpc) is 2.29. The normalized spacial score (nSPS) is 10.4. The van der Waals surface area contributed by atoms with Gasteiger partial charge in [0, 0.05) is 27.3 Å². The summed E-state index contributed by atoms with van der Waals surface area (Å²) in [5, 5.41) is 5.27. The summed E-state index contributed by atoms with van der Waals surface area (Å²) in [6.45, 7) is 2.66. The van der Waals surface area contributed by atoms with E-state index >= 15 is 0 Å². The van der Waals surface area contributed by atoms with Gasteiger partial charge in [-0.25, -0.2) is 0 Å². The lowest BCUT2D eigenvalue weighted by Crippen LogP contribution is -1.99. The molecule has 0 saturated carbocycles. The maximum atomic E-state index is 6.08. The van der Waals surface area contributed by atoms with Gasteiger partial charge >= 0.3 is 0 Å². The highest BCUT2D eigenvalue weighted by molar-refractivity contribution is 6.35. The maximum absolute atomic E-state index is 6.08. The van der Waals surface area contributed by atoms with Crippen molar-refractivity contribution in [2.24, 2.45) is 0 Å². The maximum Gasteiger partial charge on any atom is 0.0441 e. The highest BCUT2D eigenvalue weighted by Crippen LogP contribution is 2.23. The quantitative estimate of drug-likeness (QED) is 0.781. The Balaban J connectivity index is 2.08. The van der Waals surface area contributed by atoms with Crippen LogP contribution in [0.2, 0.25) is 15.1 Å². The zero-order valence-corrected chi connectivity index (χ0v) is 12.1. The number of hydrogen-bond donors (Lipinski definition) is 1. The van der Waals surface area contributed by atoms with Crippen LogP contribution in [0.1, 0.15) is 11.1 Å². The van der Waals surface area contributed by atoms with E-state index in [1.807, 2.05) is 37.3 Å². The van der Waals surface area contributed by atoms with E-state index in [1.54, 1.807) is 6.07 Å². The Kier molecular flexibility index (Phi) is 4.39. The Morgan fingerprint density at radius 3 is 2.22 bits per heavy atom. The average molecular weight is 301 g/mol. The van der Waals surface area contributed by atoms with Crippen LogP contribution in [-0.4, -0.2) is 0 Å². The topological polar surface area (TPSA) is 12.0 Å². The lowest BCUT2D eigenvalue weighted by atomic mass is 10.1. The molecular weight excluding hydrogens is 289 g/mol. The molecule has 2 rings (SSSR count). The molecule has 0 aliphatic heterocycles. The molecule has 0 atom stereocenters. The van der Waals surface area contributed by atoms with Crippen molar-refractivity contribution in [2.75, 3.05) is 5.32 Å². The molecule has 0 bridgehead atoms. The Hall–Kier alpha value is -0.890. The third-order valence-corrected chi connectivity index (χ3v) is 3.44. The Morgan fingerprint density at radius 2 is 1.61 bits per heavy atom. The molecule has 94 valence electrons. The first-order valence-corrected chi connectivity index (χ1v) is 6.63. The van der Waals surface area contributed by atoms with E-state index in [1.165, 1.54) is 0 Å². The first kappa shape index (κ1) is 13.5. The molecule has 4 heteroatoms. The van der Waals surface area contributed by atoms with Crippen LogP contribution in [0.5, 0.6) is 0 Å². The van der Waals surface area contributed by atoms with Gasteiger partial charge in [-0.15, -0.1) is 0 Å². The molecule has 1 N–H and O–H groups in total. The standard InChI is InChI=1S/C14H12Cl3N/c1-9-2-3-10(4-14(9)17)8-18-13-6-11(15)5-12(16)7-13/h2-7,18H,8H2,1H3. The van der Waals surface area contributed by atoms with E-state index in [0.717, 1.165) is 21.8 Å². The van der Waals surface area contributed by atoms with Crippen LogP contribution in [0.25, 0.3) is 0 Å². The molecule has 0 radical (unpaired) electrons. The van der Waals surface area contributed by atoms with E-state index in [4.69, 9.17) is 34.8 Å². The Bertz CT molecular complexity index is 547. The molecule has 2 aromatic rings. The van der Waals surface area contributed by atoms with E-state index in [0.29, 0.717) is 16.6 Å². The van der Waals surface area contributed by atoms with E-state index in [9.17, 15) is 0 Å². The second-order valence-electron chi connectivity index (χ2n) is 4.10. The molecule has 0 unspecified atom stereocenters. The molecule has 0 heterocycles. The summed E-state index contributed by atoms with van der Waals surface area (Å²) >= 11 is 17.9. The van der Waals surface area contributed by atoms with E-state index in [-0.39, 0.29) is 0 Å². The van der Waals surface area contributed by atoms with Crippen molar-refractivity contribution in [3.8, 4) is 0 Å². The van der Waals surface area contributed by atoms with Gasteiger partial charge in [0.1, 0.15) is 0 Å². The van der Waals surface area contributed by atoms with Gasteiger partial charge in [0.15, 0.2) is 0 Å². The largest absolute Gasteiger partial charge is 0.381 e. The summed E-state index contributed by atoms with van der Waals surface area (Å²) in [5.74, 6) is 0. The van der Waals surface area contributed by atoms with Crippen molar-refractivity contribution in [2.45, 2.75) is 13.5 Å². The van der Waals surface area contributed by atoms with Crippen LogP contribution in [-0.2, 0) is 6.54 Å². The van der Waals surface area contributed by atoms with Gasteiger partial charge in [-0.1, -0.05) is 46.9 Å². The molecule has 0 aliphatic rings. The minimum atomic E-state index is 0.618. The predicted octanol–water partition coefficient (Wildman–Crippen LogP) is 5.57. The van der Waals surface area contributed by atoms with Gasteiger partial charge in [0.2, 0.25) is 0 Å². The molecule has 1 nitrogen and oxygen atoms in total. The Labute approximate surface area is 122 Å². The third kappa shape index (κ3) is 3.55. The van der Waals surface area contributed by atoms with Crippen molar-refractivity contribution >= 4 is 40.5 Å². The number of anilines is 1. The second kappa shape index (κ2) is 5.83. The van der Waals surface area contributed by atoms with Crippen molar-refractivity contribution in [1.29, 1.82) is 0 Å². The number of halogens is 3. The fraction of sp³-hybridized carbons (Fsp3) is 0.143. The van der Waals surface area contributed by atoms with E-state index < -0.39 is 0 Å². The lowest BCUT2D eigenvalue weighted by molar-refractivity contribution is 1.14. The fourth-order valence-corrected chi connectivity index (χ4v) is 2.34. The number of aryl methyl sites for hydroxylation is 1. The predicted molar refractivity (Wildman–Crippen MR) is 80.0 cm³/mol. The zero-order valence-electron chi connectivity index (χ0n) is 9.81. The summed E-state index contributed by atoms with van der Waals surface area (Å²) in [6.07, 6.45) is 0. The van der Waals surface area contributed by atoms with Crippen molar-refractivity contribution < 1.29 is 0 Å². The monoisotopic (exact) mass is 299 g/mol.